The number of benzene rings is 1. The van der Waals surface area contributed by atoms with Crippen molar-refractivity contribution >= 4 is 0 Å². The van der Waals surface area contributed by atoms with Crippen LogP contribution in [0, 0.1) is 5.82 Å². The van der Waals surface area contributed by atoms with Crippen molar-refractivity contribution in [1.82, 2.24) is 4.98 Å². The molecule has 1 aromatic carbocycles. The van der Waals surface area contributed by atoms with Crippen LogP contribution in [-0.2, 0) is 5.41 Å². The summed E-state index contributed by atoms with van der Waals surface area (Å²) in [6.07, 6.45) is -4.69. The normalized spacial score (nSPS) is 16.7. The van der Waals surface area contributed by atoms with Crippen LogP contribution in [-0.4, -0.2) is 37.7 Å². The predicted molar refractivity (Wildman–Crippen MR) is 86.6 cm³/mol. The van der Waals surface area contributed by atoms with Crippen molar-refractivity contribution in [2.24, 2.45) is 5.73 Å². The Morgan fingerprint density at radius 3 is 2.30 bits per heavy atom. The monoisotopic (exact) mass is 390 g/mol. The first kappa shape index (κ1) is 19.5. The van der Waals surface area contributed by atoms with Crippen LogP contribution in [0.4, 0.5) is 26.3 Å². The quantitative estimate of drug-likeness (QED) is 0.784. The first-order chi connectivity index (χ1) is 12.8. The number of alkyl halides is 5. The Morgan fingerprint density at radius 2 is 1.78 bits per heavy atom. The maximum absolute atomic E-state index is 13.6. The van der Waals surface area contributed by atoms with E-state index in [-0.39, 0.29) is 29.2 Å². The topological polar surface area (TPSA) is 48.1 Å². The van der Waals surface area contributed by atoms with E-state index in [0.29, 0.717) is 0 Å². The third kappa shape index (κ3) is 3.36. The van der Waals surface area contributed by atoms with Crippen molar-refractivity contribution in [2.45, 2.75) is 17.5 Å². The molecule has 1 aromatic heterocycles. The number of halogens is 6. The molecule has 2 aromatic rings. The number of aromatic nitrogens is 1. The highest BCUT2D eigenvalue weighted by molar-refractivity contribution is 5.71. The third-order valence-electron chi connectivity index (χ3n) is 4.67. The number of hydrogen-bond acceptors (Lipinski definition) is 3. The van der Waals surface area contributed by atoms with E-state index < -0.39 is 48.9 Å². The van der Waals surface area contributed by atoms with Crippen molar-refractivity contribution in [3.05, 3.63) is 47.4 Å². The van der Waals surface area contributed by atoms with Gasteiger partial charge >= 0.3 is 6.18 Å². The number of rotatable bonds is 5. The van der Waals surface area contributed by atoms with Gasteiger partial charge in [0.1, 0.15) is 43.1 Å². The molecule has 0 fully saturated rings. The Bertz CT molecular complexity index is 818. The molecule has 0 saturated carbocycles. The SMILES string of the molecule is NCC(c1cc2c(c(-c3ccc(F)cc3)n1)OCC2(CF)CF)C(F)(F)F. The van der Waals surface area contributed by atoms with Gasteiger partial charge in [0, 0.05) is 17.7 Å². The maximum atomic E-state index is 13.6. The molecular weight excluding hydrogens is 374 g/mol. The van der Waals surface area contributed by atoms with Gasteiger partial charge in [-0.1, -0.05) is 0 Å². The molecule has 0 saturated heterocycles. The van der Waals surface area contributed by atoms with E-state index in [4.69, 9.17) is 10.5 Å². The molecule has 0 bridgehead atoms. The lowest BCUT2D eigenvalue weighted by Gasteiger charge is -2.23. The summed E-state index contributed by atoms with van der Waals surface area (Å²) < 4.78 is 85.9. The Hall–Kier alpha value is -2.29. The molecule has 1 aliphatic rings. The molecule has 9 heteroatoms. The lowest BCUT2D eigenvalue weighted by Crippen LogP contribution is -2.34. The zero-order valence-corrected chi connectivity index (χ0v) is 14.0. The Morgan fingerprint density at radius 1 is 1.15 bits per heavy atom. The van der Waals surface area contributed by atoms with Gasteiger partial charge in [0.25, 0.3) is 0 Å². The summed E-state index contributed by atoms with van der Waals surface area (Å²) in [5.41, 5.74) is 3.33. The Labute approximate surface area is 151 Å². The largest absolute Gasteiger partial charge is 0.490 e. The van der Waals surface area contributed by atoms with Gasteiger partial charge in [-0.15, -0.1) is 0 Å². The van der Waals surface area contributed by atoms with Gasteiger partial charge in [0.15, 0.2) is 0 Å². The van der Waals surface area contributed by atoms with E-state index in [1.807, 2.05) is 0 Å². The van der Waals surface area contributed by atoms with Crippen molar-refractivity contribution in [2.75, 3.05) is 26.5 Å². The standard InChI is InChI=1S/C18H16F6N2O/c19-7-17(8-20)9-27-16-12(17)5-14(13(6-25)18(22,23)24)26-15(16)10-1-3-11(21)4-2-10/h1-5,13H,6-9,25H2. The van der Waals surface area contributed by atoms with Gasteiger partial charge in [-0.2, -0.15) is 13.2 Å². The molecule has 27 heavy (non-hydrogen) atoms. The Kier molecular flexibility index (Phi) is 5.07. The number of hydrogen-bond donors (Lipinski definition) is 1. The van der Waals surface area contributed by atoms with Crippen LogP contribution < -0.4 is 10.5 Å². The summed E-state index contributed by atoms with van der Waals surface area (Å²) in [5, 5.41) is 0. The molecule has 3 rings (SSSR count). The molecule has 0 aliphatic carbocycles. The second kappa shape index (κ2) is 7.03. The van der Waals surface area contributed by atoms with Crippen molar-refractivity contribution in [1.29, 1.82) is 0 Å². The van der Waals surface area contributed by atoms with Crippen molar-refractivity contribution in [3.8, 4) is 17.0 Å². The minimum Gasteiger partial charge on any atom is -0.490 e. The smallest absolute Gasteiger partial charge is 0.398 e. The summed E-state index contributed by atoms with van der Waals surface area (Å²) in [5.74, 6) is -2.66. The summed E-state index contributed by atoms with van der Waals surface area (Å²) in [6.45, 7) is -3.45. The molecule has 1 unspecified atom stereocenters. The average molecular weight is 390 g/mol. The van der Waals surface area contributed by atoms with E-state index in [9.17, 15) is 26.3 Å². The van der Waals surface area contributed by atoms with Gasteiger partial charge in [0.05, 0.1) is 11.1 Å². The highest BCUT2D eigenvalue weighted by Crippen LogP contribution is 2.47. The predicted octanol–water partition coefficient (Wildman–Crippen LogP) is 4.06. The number of nitrogens with two attached hydrogens (primary N) is 1. The highest BCUT2D eigenvalue weighted by Gasteiger charge is 2.46. The van der Waals surface area contributed by atoms with Crippen molar-refractivity contribution < 1.29 is 31.1 Å². The van der Waals surface area contributed by atoms with Crippen LogP contribution in [0.1, 0.15) is 17.2 Å². The van der Waals surface area contributed by atoms with E-state index in [1.54, 1.807) is 0 Å². The first-order valence-electron chi connectivity index (χ1n) is 8.08. The van der Waals surface area contributed by atoms with Gasteiger partial charge in [-0.05, 0) is 30.3 Å². The summed E-state index contributed by atoms with van der Waals surface area (Å²) >= 11 is 0. The summed E-state index contributed by atoms with van der Waals surface area (Å²) in [6, 6.07) is 5.83. The zero-order chi connectivity index (χ0) is 19.8. The second-order valence-corrected chi connectivity index (χ2v) is 6.45. The molecule has 0 amide bonds. The van der Waals surface area contributed by atoms with Gasteiger partial charge in [-0.25, -0.2) is 18.2 Å². The fraction of sp³-hybridized carbons (Fsp3) is 0.389. The van der Waals surface area contributed by atoms with Crippen LogP contribution >= 0.6 is 0 Å². The Balaban J connectivity index is 2.26. The molecular formula is C18H16F6N2O. The lowest BCUT2D eigenvalue weighted by molar-refractivity contribution is -0.148. The first-order valence-corrected chi connectivity index (χ1v) is 8.08. The van der Waals surface area contributed by atoms with E-state index in [0.717, 1.165) is 18.2 Å². The average Bonchev–Trinajstić information content (AvgIpc) is 3.00. The minimum atomic E-state index is -4.69. The van der Waals surface area contributed by atoms with Gasteiger partial charge in [0.2, 0.25) is 0 Å². The lowest BCUT2D eigenvalue weighted by atomic mass is 9.83. The molecule has 2 heterocycles. The van der Waals surface area contributed by atoms with E-state index in [2.05, 4.69) is 4.98 Å². The third-order valence-corrected chi connectivity index (χ3v) is 4.67. The zero-order valence-electron chi connectivity index (χ0n) is 14.0. The van der Waals surface area contributed by atoms with Crippen LogP contribution in [0.3, 0.4) is 0 Å². The number of ether oxygens (including phenoxy) is 1. The number of fused-ring (bicyclic) bond motifs is 1. The summed E-state index contributed by atoms with van der Waals surface area (Å²) in [4.78, 5) is 4.02. The van der Waals surface area contributed by atoms with Crippen LogP contribution in [0.2, 0.25) is 0 Å². The molecule has 1 aliphatic heterocycles. The molecule has 0 spiro atoms. The van der Waals surface area contributed by atoms with Crippen LogP contribution in [0.25, 0.3) is 11.3 Å². The molecule has 1 atom stereocenters. The molecule has 146 valence electrons. The maximum Gasteiger partial charge on any atom is 0.398 e. The molecule has 0 radical (unpaired) electrons. The summed E-state index contributed by atoms with van der Waals surface area (Å²) in [7, 11) is 0. The van der Waals surface area contributed by atoms with E-state index >= 15 is 0 Å². The van der Waals surface area contributed by atoms with Crippen LogP contribution in [0.5, 0.6) is 5.75 Å². The number of pyridine rings is 1. The van der Waals surface area contributed by atoms with E-state index in [1.165, 1.54) is 12.1 Å². The fourth-order valence-electron chi connectivity index (χ4n) is 3.04. The van der Waals surface area contributed by atoms with Gasteiger partial charge < -0.3 is 10.5 Å². The van der Waals surface area contributed by atoms with Crippen molar-refractivity contribution in [3.63, 3.8) is 0 Å². The molecule has 3 nitrogen and oxygen atoms in total. The minimum absolute atomic E-state index is 0.00129. The highest BCUT2D eigenvalue weighted by atomic mass is 19.4. The van der Waals surface area contributed by atoms with Crippen LogP contribution in [0.15, 0.2) is 30.3 Å². The fourth-order valence-corrected chi connectivity index (χ4v) is 3.04. The second-order valence-electron chi connectivity index (χ2n) is 6.45. The molecule has 2 N–H and O–H groups in total. The van der Waals surface area contributed by atoms with Gasteiger partial charge in [-0.3, -0.25) is 0 Å². The number of nitrogens with zero attached hydrogens (tertiary/aromatic N) is 1.